The second-order valence-electron chi connectivity index (χ2n) is 9.49. The average molecular weight is 426 g/mol. The zero-order valence-electron chi connectivity index (χ0n) is 19.5. The van der Waals surface area contributed by atoms with Crippen molar-refractivity contribution < 1.29 is 9.53 Å². The normalized spacial score (nSPS) is 13.7. The van der Waals surface area contributed by atoms with Crippen LogP contribution in [0.15, 0.2) is 60.7 Å². The highest BCUT2D eigenvalue weighted by Gasteiger charge is 2.30. The van der Waals surface area contributed by atoms with Crippen LogP contribution in [0.3, 0.4) is 0 Å². The molecule has 0 aliphatic carbocycles. The lowest BCUT2D eigenvalue weighted by molar-refractivity contribution is 0.0652. The molecule has 2 atom stereocenters. The van der Waals surface area contributed by atoms with E-state index in [9.17, 15) is 4.79 Å². The van der Waals surface area contributed by atoms with Crippen molar-refractivity contribution in [2.75, 3.05) is 27.2 Å². The van der Waals surface area contributed by atoms with E-state index in [1.165, 1.54) is 5.56 Å². The number of benzene rings is 2. The topological polar surface area (TPSA) is 67.6 Å². The van der Waals surface area contributed by atoms with Gasteiger partial charge in [-0.05, 0) is 56.4 Å². The highest BCUT2D eigenvalue weighted by Crippen LogP contribution is 2.30. The van der Waals surface area contributed by atoms with Crippen LogP contribution >= 0.6 is 0 Å². The number of amides is 2. The molecule has 5 nitrogen and oxygen atoms in total. The maximum absolute atomic E-state index is 11.9. The number of primary amides is 1. The summed E-state index contributed by atoms with van der Waals surface area (Å²) in [5, 5.41) is 3.04. The summed E-state index contributed by atoms with van der Waals surface area (Å²) in [5.41, 5.74) is 8.03. The van der Waals surface area contributed by atoms with Gasteiger partial charge in [-0.15, -0.1) is 0 Å². The lowest BCUT2D eigenvalue weighted by Gasteiger charge is -2.35. The fraction of sp³-hybridized carbons (Fsp3) is 0.500. The number of carbonyl (C=O) groups is 1. The van der Waals surface area contributed by atoms with Gasteiger partial charge in [-0.3, -0.25) is 0 Å². The first-order valence-corrected chi connectivity index (χ1v) is 11.1. The molecule has 2 rings (SSSR count). The molecule has 2 aromatic carbocycles. The number of hydrogen-bond acceptors (Lipinski definition) is 3. The molecule has 0 bridgehead atoms. The molecule has 0 aromatic heterocycles. The molecule has 5 heteroatoms. The number of nitrogens with zero attached hydrogens (tertiary/aromatic N) is 1. The summed E-state index contributed by atoms with van der Waals surface area (Å²) in [7, 11) is 4.18. The molecule has 0 aliphatic heterocycles. The Balaban J connectivity index is 2.14. The third-order valence-electron chi connectivity index (χ3n) is 5.69. The predicted molar refractivity (Wildman–Crippen MR) is 128 cm³/mol. The maximum atomic E-state index is 11.9. The fourth-order valence-electron chi connectivity index (χ4n) is 3.88. The van der Waals surface area contributed by atoms with Gasteiger partial charge < -0.3 is 20.7 Å². The van der Waals surface area contributed by atoms with Gasteiger partial charge in [-0.25, -0.2) is 4.79 Å². The van der Waals surface area contributed by atoms with E-state index >= 15 is 0 Å². The van der Waals surface area contributed by atoms with Crippen LogP contribution in [-0.2, 0) is 17.8 Å². The molecule has 0 fully saturated rings. The standard InChI is InChI=1S/C26H39N3O2/c1-26(2,15-16-29(3)4)18-24(28-25(27)30)23(17-21-11-7-5-8-12-21)20-31-19-22-13-9-6-10-14-22/h5-14,23-24H,15-20H2,1-4H3,(H3,27,28,30)/t23-,24?/m1/s1. The molecule has 0 heterocycles. The first kappa shape index (κ1) is 24.9. The number of nitrogens with two attached hydrogens (primary N) is 1. The van der Waals surface area contributed by atoms with Crippen LogP contribution in [0, 0.1) is 11.3 Å². The van der Waals surface area contributed by atoms with Crippen LogP contribution in [0.2, 0.25) is 0 Å². The Kier molecular flexibility index (Phi) is 10.0. The summed E-state index contributed by atoms with van der Waals surface area (Å²) in [6, 6.07) is 20.0. The average Bonchev–Trinajstić information content (AvgIpc) is 2.72. The minimum Gasteiger partial charge on any atom is -0.376 e. The smallest absolute Gasteiger partial charge is 0.312 e. The van der Waals surface area contributed by atoms with Crippen molar-refractivity contribution in [1.29, 1.82) is 0 Å². The van der Waals surface area contributed by atoms with Gasteiger partial charge in [0.05, 0.1) is 13.2 Å². The zero-order chi connectivity index (χ0) is 22.7. The molecule has 2 amide bonds. The summed E-state index contributed by atoms with van der Waals surface area (Å²) >= 11 is 0. The molecule has 2 aromatic rings. The van der Waals surface area contributed by atoms with E-state index in [-0.39, 0.29) is 17.4 Å². The predicted octanol–water partition coefficient (Wildman–Crippen LogP) is 4.47. The first-order chi connectivity index (χ1) is 14.7. The van der Waals surface area contributed by atoms with E-state index in [4.69, 9.17) is 10.5 Å². The Bertz CT molecular complexity index is 763. The highest BCUT2D eigenvalue weighted by molar-refractivity contribution is 5.72. The van der Waals surface area contributed by atoms with Crippen LogP contribution < -0.4 is 11.1 Å². The van der Waals surface area contributed by atoms with Gasteiger partial charge in [0.25, 0.3) is 0 Å². The van der Waals surface area contributed by atoms with Crippen LogP contribution in [0.1, 0.15) is 37.8 Å². The minimum absolute atomic E-state index is 0.0613. The molecule has 170 valence electrons. The second-order valence-corrected chi connectivity index (χ2v) is 9.49. The fourth-order valence-corrected chi connectivity index (χ4v) is 3.88. The molecule has 31 heavy (non-hydrogen) atoms. The van der Waals surface area contributed by atoms with Gasteiger partial charge in [0.15, 0.2) is 0 Å². The minimum atomic E-state index is -0.477. The van der Waals surface area contributed by atoms with Crippen LogP contribution in [0.5, 0.6) is 0 Å². The van der Waals surface area contributed by atoms with E-state index in [1.54, 1.807) is 0 Å². The molecule has 0 saturated heterocycles. The van der Waals surface area contributed by atoms with Crippen molar-refractivity contribution in [2.24, 2.45) is 17.1 Å². The quantitative estimate of drug-likeness (QED) is 0.498. The number of urea groups is 1. The maximum Gasteiger partial charge on any atom is 0.312 e. The van der Waals surface area contributed by atoms with Gasteiger partial charge in [-0.2, -0.15) is 0 Å². The Morgan fingerprint density at radius 2 is 1.61 bits per heavy atom. The summed E-state index contributed by atoms with van der Waals surface area (Å²) < 4.78 is 6.13. The lowest BCUT2D eigenvalue weighted by Crippen LogP contribution is -2.47. The van der Waals surface area contributed by atoms with E-state index in [0.717, 1.165) is 31.4 Å². The highest BCUT2D eigenvalue weighted by atomic mass is 16.5. The molecule has 3 N–H and O–H groups in total. The number of nitrogens with one attached hydrogen (secondary N) is 1. The van der Waals surface area contributed by atoms with Crippen LogP contribution in [0.25, 0.3) is 0 Å². The summed E-state index contributed by atoms with van der Waals surface area (Å²) in [5.74, 6) is 0.122. The van der Waals surface area contributed by atoms with Crippen LogP contribution in [-0.4, -0.2) is 44.2 Å². The third-order valence-corrected chi connectivity index (χ3v) is 5.69. The zero-order valence-corrected chi connectivity index (χ0v) is 19.5. The summed E-state index contributed by atoms with van der Waals surface area (Å²) in [4.78, 5) is 14.1. The molecule has 0 saturated carbocycles. The van der Waals surface area contributed by atoms with Gasteiger partial charge in [-0.1, -0.05) is 74.5 Å². The number of carbonyl (C=O) groups excluding carboxylic acids is 1. The van der Waals surface area contributed by atoms with Crippen molar-refractivity contribution >= 4 is 6.03 Å². The number of rotatable bonds is 13. The van der Waals surface area contributed by atoms with Gasteiger partial charge in [0.1, 0.15) is 0 Å². The number of ether oxygens (including phenoxy) is 1. The Hall–Kier alpha value is -2.37. The lowest BCUT2D eigenvalue weighted by atomic mass is 9.77. The van der Waals surface area contributed by atoms with Gasteiger partial charge >= 0.3 is 6.03 Å². The Morgan fingerprint density at radius 3 is 2.16 bits per heavy atom. The monoisotopic (exact) mass is 425 g/mol. The van der Waals surface area contributed by atoms with Crippen molar-refractivity contribution in [1.82, 2.24) is 10.2 Å². The second kappa shape index (κ2) is 12.5. The van der Waals surface area contributed by atoms with E-state index in [1.807, 2.05) is 24.3 Å². The van der Waals surface area contributed by atoms with E-state index < -0.39 is 6.03 Å². The van der Waals surface area contributed by atoms with E-state index in [0.29, 0.717) is 13.2 Å². The molecule has 0 radical (unpaired) electrons. The van der Waals surface area contributed by atoms with Crippen LogP contribution in [0.4, 0.5) is 4.79 Å². The largest absolute Gasteiger partial charge is 0.376 e. The first-order valence-electron chi connectivity index (χ1n) is 11.1. The van der Waals surface area contributed by atoms with Crippen molar-refractivity contribution in [3.05, 3.63) is 71.8 Å². The van der Waals surface area contributed by atoms with Crippen molar-refractivity contribution in [3.8, 4) is 0 Å². The molecule has 0 spiro atoms. The van der Waals surface area contributed by atoms with Gasteiger partial charge in [0, 0.05) is 12.0 Å². The molecular weight excluding hydrogens is 386 g/mol. The van der Waals surface area contributed by atoms with Crippen molar-refractivity contribution in [3.63, 3.8) is 0 Å². The molecule has 0 aliphatic rings. The SMILES string of the molecule is CN(C)CCC(C)(C)CC(NC(N)=O)[C@@H](COCc1ccccc1)Cc1ccccc1. The summed E-state index contributed by atoms with van der Waals surface area (Å²) in [6.45, 7) is 6.63. The molecular formula is C26H39N3O2. The summed E-state index contributed by atoms with van der Waals surface area (Å²) in [6.07, 6.45) is 2.71. The Morgan fingerprint density at radius 1 is 1.03 bits per heavy atom. The molecule has 1 unspecified atom stereocenters. The number of hydrogen-bond donors (Lipinski definition) is 2. The third kappa shape index (κ3) is 9.99. The van der Waals surface area contributed by atoms with E-state index in [2.05, 4.69) is 74.6 Å². The van der Waals surface area contributed by atoms with Crippen molar-refractivity contribution in [2.45, 2.75) is 45.8 Å². The van der Waals surface area contributed by atoms with Gasteiger partial charge in [0.2, 0.25) is 0 Å². The Labute approximate surface area is 188 Å².